The van der Waals surface area contributed by atoms with E-state index in [1.807, 2.05) is 0 Å². The number of anilines is 2. The van der Waals surface area contributed by atoms with Crippen molar-refractivity contribution in [1.29, 1.82) is 0 Å². The second kappa shape index (κ2) is 9.90. The minimum absolute atomic E-state index is 0.0413. The number of rotatable bonds is 9. The summed E-state index contributed by atoms with van der Waals surface area (Å²) in [6, 6.07) is 6.63. The summed E-state index contributed by atoms with van der Waals surface area (Å²) < 4.78 is 56.3. The summed E-state index contributed by atoms with van der Waals surface area (Å²) >= 11 is 7.39. The van der Waals surface area contributed by atoms with E-state index in [4.69, 9.17) is 17.3 Å². The van der Waals surface area contributed by atoms with Crippen LogP contribution in [0.4, 0.5) is 20.3 Å². The highest BCUT2D eigenvalue weighted by Crippen LogP contribution is 2.31. The summed E-state index contributed by atoms with van der Waals surface area (Å²) in [5.74, 6) is -1.48. The van der Waals surface area contributed by atoms with E-state index in [2.05, 4.69) is 19.9 Å². The van der Waals surface area contributed by atoms with Crippen molar-refractivity contribution in [2.75, 3.05) is 29.7 Å². The number of sulfonamides is 1. The molecule has 0 saturated carbocycles. The lowest BCUT2D eigenvalue weighted by Gasteiger charge is -2.30. The van der Waals surface area contributed by atoms with E-state index < -0.39 is 32.7 Å². The maximum Gasteiger partial charge on any atom is 0.266 e. The van der Waals surface area contributed by atoms with Gasteiger partial charge in [0.05, 0.1) is 16.2 Å². The molecule has 0 bridgehead atoms. The van der Waals surface area contributed by atoms with Gasteiger partial charge in [0.15, 0.2) is 5.82 Å². The third-order valence-corrected chi connectivity index (χ3v) is 7.62. The number of thiazole rings is 1. The number of nitrogens with two attached hydrogens (primary N) is 1. The van der Waals surface area contributed by atoms with E-state index >= 15 is 0 Å². The Morgan fingerprint density at radius 3 is 2.67 bits per heavy atom. The lowest BCUT2D eigenvalue weighted by Crippen LogP contribution is -2.38. The van der Waals surface area contributed by atoms with E-state index in [0.29, 0.717) is 0 Å². The van der Waals surface area contributed by atoms with Crippen LogP contribution >= 0.6 is 22.9 Å². The molecule has 3 aromatic rings. The van der Waals surface area contributed by atoms with Gasteiger partial charge in [-0.05, 0) is 55.8 Å². The lowest BCUT2D eigenvalue weighted by molar-refractivity contribution is 0.184. The molecule has 4 N–H and O–H groups in total. The third kappa shape index (κ3) is 5.61. The number of hydrogen-bond acceptors (Lipinski definition) is 7. The number of hydrogen-bond donors (Lipinski definition) is 3. The van der Waals surface area contributed by atoms with Crippen LogP contribution in [0.5, 0.6) is 0 Å². The molecule has 33 heavy (non-hydrogen) atoms. The summed E-state index contributed by atoms with van der Waals surface area (Å²) in [6.07, 6.45) is 0.928. The molecule has 1 aromatic heterocycles. The van der Waals surface area contributed by atoms with E-state index in [9.17, 15) is 17.2 Å². The Balaban J connectivity index is 1.51. The van der Waals surface area contributed by atoms with Crippen molar-refractivity contribution in [1.82, 2.24) is 9.88 Å². The molecule has 0 spiro atoms. The summed E-state index contributed by atoms with van der Waals surface area (Å²) in [6.45, 7) is 3.03. The van der Waals surface area contributed by atoms with Crippen molar-refractivity contribution in [3.63, 3.8) is 0 Å². The topological polar surface area (TPSA) is 100 Å². The van der Waals surface area contributed by atoms with Crippen molar-refractivity contribution in [3.05, 3.63) is 69.0 Å². The molecule has 0 unspecified atom stereocenters. The van der Waals surface area contributed by atoms with Gasteiger partial charge in [0.2, 0.25) is 0 Å². The Labute approximate surface area is 199 Å². The van der Waals surface area contributed by atoms with Crippen LogP contribution in [0.25, 0.3) is 0 Å². The number of nitrogens with zero attached hydrogens (tertiary/aromatic N) is 2. The summed E-state index contributed by atoms with van der Waals surface area (Å²) in [4.78, 5) is 5.49. The molecule has 2 aromatic carbocycles. The van der Waals surface area contributed by atoms with Crippen LogP contribution in [0.2, 0.25) is 5.02 Å². The molecule has 12 heteroatoms. The van der Waals surface area contributed by atoms with Gasteiger partial charge in [0.25, 0.3) is 10.0 Å². The monoisotopic (exact) mass is 513 g/mol. The van der Waals surface area contributed by atoms with E-state index in [-0.39, 0.29) is 22.1 Å². The summed E-state index contributed by atoms with van der Waals surface area (Å²) in [5, 5.41) is 4.16. The second-order valence-electron chi connectivity index (χ2n) is 7.66. The minimum Gasteiger partial charge on any atom is -0.365 e. The van der Waals surface area contributed by atoms with Gasteiger partial charge < -0.3 is 16.0 Å². The number of likely N-dealkylation sites (tertiary alicyclic amines) is 1. The minimum atomic E-state index is -4.25. The molecule has 1 fully saturated rings. The first-order valence-corrected chi connectivity index (χ1v) is 13.0. The first-order chi connectivity index (χ1) is 15.7. The Hall–Kier alpha value is -2.31. The van der Waals surface area contributed by atoms with Crippen LogP contribution in [-0.4, -0.2) is 37.9 Å². The normalized spacial score (nSPS) is 15.2. The smallest absolute Gasteiger partial charge is 0.266 e. The maximum atomic E-state index is 14.7. The molecule has 0 aliphatic carbocycles. The number of nitrogens with one attached hydrogen (secondary N) is 2. The van der Waals surface area contributed by atoms with Crippen molar-refractivity contribution in [2.24, 2.45) is 5.73 Å². The largest absolute Gasteiger partial charge is 0.365 e. The van der Waals surface area contributed by atoms with Gasteiger partial charge in [-0.2, -0.15) is 0 Å². The van der Waals surface area contributed by atoms with Crippen molar-refractivity contribution >= 4 is 44.5 Å². The van der Waals surface area contributed by atoms with Crippen molar-refractivity contribution < 1.29 is 17.2 Å². The van der Waals surface area contributed by atoms with Crippen molar-refractivity contribution in [2.45, 2.75) is 23.9 Å². The van der Waals surface area contributed by atoms with Crippen LogP contribution in [0.3, 0.4) is 0 Å². The average Bonchev–Trinajstić information content (AvgIpc) is 3.22. The highest BCUT2D eigenvalue weighted by atomic mass is 35.5. The first kappa shape index (κ1) is 23.8. The number of aromatic nitrogens is 1. The van der Waals surface area contributed by atoms with Gasteiger partial charge in [-0.25, -0.2) is 22.2 Å². The Bertz CT molecular complexity index is 1240. The molecule has 1 saturated heterocycles. The second-order valence-corrected chi connectivity index (χ2v) is 10.4. The highest BCUT2D eigenvalue weighted by molar-refractivity contribution is 7.92. The fourth-order valence-electron chi connectivity index (χ4n) is 3.43. The van der Waals surface area contributed by atoms with Crippen LogP contribution in [0, 0.1) is 11.6 Å². The molecule has 1 aliphatic rings. The van der Waals surface area contributed by atoms with Gasteiger partial charge >= 0.3 is 0 Å². The zero-order chi connectivity index (χ0) is 23.6. The molecule has 4 rings (SSSR count). The molecule has 0 amide bonds. The van der Waals surface area contributed by atoms with Gasteiger partial charge in [0.1, 0.15) is 22.7 Å². The van der Waals surface area contributed by atoms with Gasteiger partial charge in [-0.15, -0.1) is 11.3 Å². The highest BCUT2D eigenvalue weighted by Gasteiger charge is 2.23. The molecule has 2 heterocycles. The molecule has 1 atom stereocenters. The molecular formula is C21H22ClF2N5O2S2. The third-order valence-electron chi connectivity index (χ3n) is 5.35. The quantitative estimate of drug-likeness (QED) is 0.371. The van der Waals surface area contributed by atoms with Gasteiger partial charge in [-0.3, -0.25) is 4.72 Å². The van der Waals surface area contributed by atoms with Crippen molar-refractivity contribution in [3.8, 4) is 0 Å². The average molecular weight is 514 g/mol. The summed E-state index contributed by atoms with van der Waals surface area (Å²) in [5.41, 5.74) is 8.76. The molecule has 0 radical (unpaired) electrons. The van der Waals surface area contributed by atoms with Crippen LogP contribution in [0.15, 0.2) is 46.1 Å². The van der Waals surface area contributed by atoms with Gasteiger partial charge in [0, 0.05) is 17.5 Å². The lowest BCUT2D eigenvalue weighted by atomic mass is 10.0. The van der Waals surface area contributed by atoms with E-state index in [1.165, 1.54) is 34.7 Å². The molecular weight excluding hydrogens is 492 g/mol. The Kier molecular flexibility index (Phi) is 7.15. The van der Waals surface area contributed by atoms with E-state index in [0.717, 1.165) is 43.8 Å². The van der Waals surface area contributed by atoms with Crippen LogP contribution in [-0.2, 0) is 16.4 Å². The van der Waals surface area contributed by atoms with E-state index in [1.54, 1.807) is 12.1 Å². The number of halogens is 3. The van der Waals surface area contributed by atoms with Gasteiger partial charge in [-0.1, -0.05) is 17.7 Å². The zero-order valence-electron chi connectivity index (χ0n) is 17.4. The fourth-order valence-corrected chi connectivity index (χ4v) is 5.35. The first-order valence-electron chi connectivity index (χ1n) is 10.2. The Morgan fingerprint density at radius 2 is 2.00 bits per heavy atom. The van der Waals surface area contributed by atoms with Crippen LogP contribution in [0.1, 0.15) is 23.7 Å². The summed E-state index contributed by atoms with van der Waals surface area (Å²) in [7, 11) is -4.25. The predicted octanol–water partition coefficient (Wildman–Crippen LogP) is 4.19. The fraction of sp³-hybridized carbons (Fsp3) is 0.286. The van der Waals surface area contributed by atoms with Crippen LogP contribution < -0.4 is 15.8 Å². The standard InChI is InChI=1S/C21H22ClF2N5O2S2/c22-15-9-19(33(30,31)28-20-11-32-12-26-20)17(24)10-18(15)27-21(25)14-8-13(2-3-16(14)23)4-7-29-5-1-6-29/h2-3,8-12,21,27-28H,1,4-7,25H2/t21-/m1/s1. The molecule has 1 aliphatic heterocycles. The Morgan fingerprint density at radius 1 is 1.21 bits per heavy atom. The molecule has 176 valence electrons. The predicted molar refractivity (Wildman–Crippen MR) is 126 cm³/mol. The maximum absolute atomic E-state index is 14.7. The zero-order valence-corrected chi connectivity index (χ0v) is 19.8. The number of benzene rings is 2. The SMILES string of the molecule is N[C@H](Nc1cc(F)c(S(=O)(=O)Nc2cscn2)cc1Cl)c1cc(CCN2CCC2)ccc1F. The molecule has 7 nitrogen and oxygen atoms in total.